The van der Waals surface area contributed by atoms with Crippen LogP contribution in [0, 0.1) is 13.8 Å². The first-order chi connectivity index (χ1) is 19.0. The molecule has 4 aromatic carbocycles. The Morgan fingerprint density at radius 3 is 1.85 bits per heavy atom. The normalized spacial score (nSPS) is 16.8. The number of hydrogen-bond acceptors (Lipinski definition) is 3. The maximum Gasteiger partial charge on any atom is 0.188 e. The molecule has 0 N–H and O–H groups in total. The van der Waals surface area contributed by atoms with Gasteiger partial charge in [-0.05, 0) is 106 Å². The van der Waals surface area contributed by atoms with E-state index in [4.69, 9.17) is 14.2 Å². The summed E-state index contributed by atoms with van der Waals surface area (Å²) >= 11 is 0. The van der Waals surface area contributed by atoms with Gasteiger partial charge in [-0.3, -0.25) is 0 Å². The van der Waals surface area contributed by atoms with Crippen molar-refractivity contribution >= 4 is 23.2 Å². The first-order valence-corrected chi connectivity index (χ1v) is 15.9. The number of fused-ring (bicyclic) bond motifs is 1. The van der Waals surface area contributed by atoms with E-state index in [1.807, 2.05) is 0 Å². The molecule has 5 rings (SSSR count). The van der Waals surface area contributed by atoms with Gasteiger partial charge in [-0.1, -0.05) is 54.6 Å². The van der Waals surface area contributed by atoms with Crippen LogP contribution in [-0.2, 0) is 11.2 Å². The van der Waals surface area contributed by atoms with E-state index in [0.717, 1.165) is 48.9 Å². The summed E-state index contributed by atoms with van der Waals surface area (Å²) in [6.45, 7) is 6.81. The van der Waals surface area contributed by atoms with Crippen molar-refractivity contribution in [3.63, 3.8) is 0 Å². The molecule has 0 aliphatic carbocycles. The zero-order chi connectivity index (χ0) is 27.3. The minimum Gasteiger partial charge on any atom is -0.487 e. The van der Waals surface area contributed by atoms with Crippen LogP contribution in [-0.4, -0.2) is 25.7 Å². The van der Waals surface area contributed by atoms with E-state index >= 15 is 0 Å². The summed E-state index contributed by atoms with van der Waals surface area (Å²) in [5.74, 6) is 1.93. The Morgan fingerprint density at radius 2 is 1.33 bits per heavy atom. The highest BCUT2D eigenvalue weighted by Crippen LogP contribution is 2.56. The van der Waals surface area contributed by atoms with Crippen LogP contribution in [0.5, 0.6) is 11.5 Å². The molecule has 0 fully saturated rings. The Hall–Kier alpha value is -3.13. The van der Waals surface area contributed by atoms with Crippen LogP contribution in [0.4, 0.5) is 0 Å². The third kappa shape index (κ3) is 5.62. The summed E-state index contributed by atoms with van der Waals surface area (Å²) in [5, 5.41) is 4.33. The smallest absolute Gasteiger partial charge is 0.188 e. The zero-order valence-electron chi connectivity index (χ0n) is 23.7. The van der Waals surface area contributed by atoms with Crippen molar-refractivity contribution in [2.24, 2.45) is 0 Å². The van der Waals surface area contributed by atoms with Gasteiger partial charge in [-0.15, -0.1) is 0 Å². The fourth-order valence-corrected chi connectivity index (χ4v) is 10.3. The molecule has 0 saturated heterocycles. The monoisotopic (exact) mass is 539 g/mol. The van der Waals surface area contributed by atoms with Crippen molar-refractivity contribution in [3.8, 4) is 11.5 Å². The minimum absolute atomic E-state index is 0.196. The predicted octanol–water partition coefficient (Wildman–Crippen LogP) is 7.14. The van der Waals surface area contributed by atoms with E-state index in [-0.39, 0.29) is 12.4 Å². The van der Waals surface area contributed by atoms with Crippen LogP contribution < -0.4 is 25.4 Å². The van der Waals surface area contributed by atoms with Gasteiger partial charge >= 0.3 is 0 Å². The van der Waals surface area contributed by atoms with Crippen molar-refractivity contribution in [1.29, 1.82) is 0 Å². The van der Waals surface area contributed by atoms with Crippen molar-refractivity contribution in [2.75, 3.05) is 20.1 Å². The molecule has 0 spiro atoms. The molecule has 1 atom stereocenters. The van der Waals surface area contributed by atoms with Gasteiger partial charge in [0.2, 0.25) is 0 Å². The Kier molecular flexibility index (Phi) is 8.40. The topological polar surface area (TPSA) is 27.7 Å². The largest absolute Gasteiger partial charge is 0.487 e. The molecule has 0 bridgehead atoms. The lowest BCUT2D eigenvalue weighted by Crippen LogP contribution is -2.38. The molecule has 0 radical (unpaired) electrons. The van der Waals surface area contributed by atoms with Crippen LogP contribution in [0.1, 0.15) is 42.9 Å². The van der Waals surface area contributed by atoms with Crippen molar-refractivity contribution in [3.05, 3.63) is 114 Å². The Balaban J connectivity index is 1.43. The molecule has 0 aromatic heterocycles. The molecule has 4 heteroatoms. The summed E-state index contributed by atoms with van der Waals surface area (Å²) in [6.07, 6.45) is 5.21. The number of rotatable bonds is 10. The van der Waals surface area contributed by atoms with Gasteiger partial charge in [0.15, 0.2) is 6.79 Å². The third-order valence-electron chi connectivity index (χ3n) is 8.26. The predicted molar refractivity (Wildman–Crippen MR) is 165 cm³/mol. The molecule has 0 saturated carbocycles. The third-order valence-corrected chi connectivity index (χ3v) is 12.8. The van der Waals surface area contributed by atoms with E-state index in [1.54, 1.807) is 7.11 Å². The van der Waals surface area contributed by atoms with Crippen LogP contribution in [0.3, 0.4) is 0 Å². The summed E-state index contributed by atoms with van der Waals surface area (Å²) in [5.41, 5.74) is 3.33. The first-order valence-electron chi connectivity index (χ1n) is 14.0. The Morgan fingerprint density at radius 1 is 0.795 bits per heavy atom. The molecule has 4 aromatic rings. The number of ether oxygens (including phenoxy) is 3. The highest BCUT2D eigenvalue weighted by molar-refractivity contribution is 7.95. The van der Waals surface area contributed by atoms with Crippen LogP contribution in [0.15, 0.2) is 97.1 Å². The quantitative estimate of drug-likeness (QED) is 0.158. The van der Waals surface area contributed by atoms with E-state index in [1.165, 1.54) is 27.0 Å². The maximum atomic E-state index is 6.85. The van der Waals surface area contributed by atoms with E-state index < -0.39 is 7.26 Å². The molecule has 1 aliphatic rings. The fourth-order valence-electron chi connectivity index (χ4n) is 5.97. The van der Waals surface area contributed by atoms with Gasteiger partial charge in [0.1, 0.15) is 40.3 Å². The zero-order valence-corrected chi connectivity index (χ0v) is 24.5. The fraction of sp³-hybridized carbons (Fsp3) is 0.314. The van der Waals surface area contributed by atoms with Crippen LogP contribution in [0.25, 0.3) is 0 Å². The second kappa shape index (κ2) is 11.9. The van der Waals surface area contributed by atoms with Gasteiger partial charge < -0.3 is 14.2 Å². The van der Waals surface area contributed by atoms with Crippen molar-refractivity contribution in [1.82, 2.24) is 0 Å². The molecule has 3 nitrogen and oxygen atoms in total. The summed E-state index contributed by atoms with van der Waals surface area (Å²) in [6, 6.07) is 35.6. The van der Waals surface area contributed by atoms with Crippen LogP contribution >= 0.6 is 7.26 Å². The molecule has 0 amide bonds. The van der Waals surface area contributed by atoms with E-state index in [0.29, 0.717) is 0 Å². The standard InChI is InChI=1S/C35H40O3P/c1-27-28(2)34-29(25-33(27)37-26-36-4)21-23-35(3,38-34)22-14-24-39(30-15-8-5-9-16-30,31-17-10-6-11-18-31)32-19-12-7-13-20-32/h5-13,15-20,25H,14,21-24,26H2,1-4H3/q+1. The molecule has 1 heterocycles. The van der Waals surface area contributed by atoms with Gasteiger partial charge in [-0.2, -0.15) is 0 Å². The minimum atomic E-state index is -1.84. The van der Waals surface area contributed by atoms with Crippen molar-refractivity contribution in [2.45, 2.75) is 52.1 Å². The number of aryl methyl sites for hydroxylation is 1. The van der Waals surface area contributed by atoms with Crippen molar-refractivity contribution < 1.29 is 14.2 Å². The average Bonchev–Trinajstić information content (AvgIpc) is 2.98. The number of methoxy groups -OCH3 is 1. The lowest BCUT2D eigenvalue weighted by atomic mass is 9.87. The summed E-state index contributed by atoms with van der Waals surface area (Å²) < 4.78 is 17.8. The number of hydrogen-bond donors (Lipinski definition) is 0. The van der Waals surface area contributed by atoms with E-state index in [2.05, 4.69) is 118 Å². The molecular formula is C35H40O3P+. The second-order valence-electron chi connectivity index (χ2n) is 10.9. The van der Waals surface area contributed by atoms with E-state index in [9.17, 15) is 0 Å². The van der Waals surface area contributed by atoms with Crippen LogP contribution in [0.2, 0.25) is 0 Å². The Labute approximate surface area is 234 Å². The highest BCUT2D eigenvalue weighted by Gasteiger charge is 2.45. The lowest BCUT2D eigenvalue weighted by Gasteiger charge is -2.38. The van der Waals surface area contributed by atoms with Gasteiger partial charge in [-0.25, -0.2) is 0 Å². The molecule has 1 unspecified atom stereocenters. The summed E-state index contributed by atoms with van der Waals surface area (Å²) in [7, 11) is -0.183. The maximum absolute atomic E-state index is 6.85. The van der Waals surface area contributed by atoms with Gasteiger partial charge in [0, 0.05) is 7.11 Å². The number of benzene rings is 4. The van der Waals surface area contributed by atoms with Gasteiger partial charge in [0.05, 0.1) is 6.16 Å². The summed E-state index contributed by atoms with van der Waals surface area (Å²) in [4.78, 5) is 0. The van der Waals surface area contributed by atoms with Gasteiger partial charge in [0.25, 0.3) is 0 Å². The highest BCUT2D eigenvalue weighted by atomic mass is 31.2. The molecular weight excluding hydrogens is 499 g/mol. The first kappa shape index (κ1) is 27.4. The Bertz CT molecular complexity index is 1280. The molecule has 1 aliphatic heterocycles. The average molecular weight is 540 g/mol. The second-order valence-corrected chi connectivity index (χ2v) is 14.5. The molecule has 202 valence electrons. The lowest BCUT2D eigenvalue weighted by molar-refractivity contribution is 0.0469. The molecule has 39 heavy (non-hydrogen) atoms. The SMILES string of the molecule is COCOc1cc2c(c(C)c1C)OC(C)(CCC[P+](c1ccccc1)(c1ccccc1)c1ccccc1)CC2.